The summed E-state index contributed by atoms with van der Waals surface area (Å²) in [5, 5.41) is 7.99. The second-order valence-electron chi connectivity index (χ2n) is 3.39. The molecule has 0 aliphatic heterocycles. The van der Waals surface area contributed by atoms with Crippen LogP contribution in [-0.2, 0) is 6.54 Å². The minimum Gasteiger partial charge on any atom is -0.364 e. The van der Waals surface area contributed by atoms with Crippen LogP contribution in [0.3, 0.4) is 0 Å². The third-order valence-electron chi connectivity index (χ3n) is 2.28. The summed E-state index contributed by atoms with van der Waals surface area (Å²) in [5.74, 6) is 0.795. The molecule has 3 rings (SSSR count). The van der Waals surface area contributed by atoms with Crippen LogP contribution in [0.2, 0.25) is 0 Å². The molecule has 86 valence electrons. The fourth-order valence-corrected chi connectivity index (χ4v) is 2.82. The highest BCUT2D eigenvalue weighted by molar-refractivity contribution is 7.16. The molecule has 0 aliphatic rings. The zero-order valence-corrected chi connectivity index (χ0v) is 10.3. The Kier molecular flexibility index (Phi) is 2.62. The van der Waals surface area contributed by atoms with Crippen LogP contribution in [0, 0.1) is 0 Å². The van der Waals surface area contributed by atoms with Gasteiger partial charge in [-0.05, 0) is 11.4 Å². The average molecular weight is 264 g/mol. The first kappa shape index (κ1) is 10.4. The summed E-state index contributed by atoms with van der Waals surface area (Å²) in [7, 11) is 0. The molecule has 0 bridgehead atoms. The monoisotopic (exact) mass is 264 g/mol. The molecule has 0 saturated heterocycles. The number of nitrogens with one attached hydrogen (secondary N) is 2. The van der Waals surface area contributed by atoms with E-state index in [1.165, 1.54) is 6.33 Å². The maximum absolute atomic E-state index is 11.0. The van der Waals surface area contributed by atoms with E-state index in [0.29, 0.717) is 6.54 Å². The van der Waals surface area contributed by atoms with Crippen LogP contribution in [0.4, 0.5) is 5.82 Å². The fraction of sp³-hybridized carbons (Fsp3) is 0.100. The smallest absolute Gasteiger partial charge is 0.304 e. The van der Waals surface area contributed by atoms with Gasteiger partial charge in [0, 0.05) is 11.1 Å². The van der Waals surface area contributed by atoms with Crippen LogP contribution < -0.4 is 10.2 Å². The molecule has 0 unspecified atom stereocenters. The second-order valence-corrected chi connectivity index (χ2v) is 5.13. The van der Waals surface area contributed by atoms with Gasteiger partial charge in [0.25, 0.3) is 0 Å². The van der Waals surface area contributed by atoms with Gasteiger partial charge in [0.1, 0.15) is 17.0 Å². The first-order chi connectivity index (χ1) is 8.33. The van der Waals surface area contributed by atoms with Gasteiger partial charge in [-0.25, -0.2) is 9.97 Å². The number of nitrogens with zero attached hydrogens (tertiary/aromatic N) is 2. The third kappa shape index (κ3) is 2.06. The minimum atomic E-state index is -0.0369. The van der Waals surface area contributed by atoms with E-state index >= 15 is 0 Å². The standard InChI is InChI=1S/C10H8N4OS2/c15-10-14-6(4-17-10)3-11-8-7-1-2-16-9(7)13-5-12-8/h1-2,4-5H,3H2,(H,14,15)(H,11,12,13). The topological polar surface area (TPSA) is 70.7 Å². The molecule has 0 aliphatic carbocycles. The number of thiophene rings is 1. The highest BCUT2D eigenvalue weighted by Gasteiger charge is 2.04. The number of aromatic amines is 1. The Bertz CT molecular complexity index is 699. The van der Waals surface area contributed by atoms with Gasteiger partial charge in [0.05, 0.1) is 11.9 Å². The van der Waals surface area contributed by atoms with Crippen LogP contribution in [0.1, 0.15) is 5.69 Å². The van der Waals surface area contributed by atoms with Crippen LogP contribution >= 0.6 is 22.7 Å². The summed E-state index contributed by atoms with van der Waals surface area (Å²) in [5.41, 5.74) is 0.863. The van der Waals surface area contributed by atoms with Crippen LogP contribution in [0.5, 0.6) is 0 Å². The predicted molar refractivity (Wildman–Crippen MR) is 69.7 cm³/mol. The van der Waals surface area contributed by atoms with Gasteiger partial charge in [-0.15, -0.1) is 11.3 Å². The molecule has 3 heterocycles. The van der Waals surface area contributed by atoms with Crippen molar-refractivity contribution in [2.75, 3.05) is 5.32 Å². The Morgan fingerprint density at radius 1 is 1.35 bits per heavy atom. The molecule has 5 nitrogen and oxygen atoms in total. The lowest BCUT2D eigenvalue weighted by Crippen LogP contribution is -2.04. The molecule has 0 fully saturated rings. The first-order valence-corrected chi connectivity index (χ1v) is 6.67. The van der Waals surface area contributed by atoms with E-state index in [1.807, 2.05) is 11.4 Å². The largest absolute Gasteiger partial charge is 0.364 e. The lowest BCUT2D eigenvalue weighted by molar-refractivity contribution is 1.04. The van der Waals surface area contributed by atoms with Crippen molar-refractivity contribution in [1.29, 1.82) is 0 Å². The number of aromatic nitrogens is 3. The molecule has 3 aromatic rings. The zero-order chi connectivity index (χ0) is 11.7. The molecule has 2 N–H and O–H groups in total. The molecular formula is C10H8N4OS2. The highest BCUT2D eigenvalue weighted by atomic mass is 32.1. The van der Waals surface area contributed by atoms with Gasteiger partial charge < -0.3 is 10.3 Å². The summed E-state index contributed by atoms with van der Waals surface area (Å²) < 4.78 is 0. The van der Waals surface area contributed by atoms with Gasteiger partial charge in [-0.2, -0.15) is 0 Å². The number of anilines is 1. The summed E-state index contributed by atoms with van der Waals surface area (Å²) in [6.45, 7) is 0.556. The number of hydrogen-bond donors (Lipinski definition) is 2. The van der Waals surface area contributed by atoms with Crippen LogP contribution in [-0.4, -0.2) is 15.0 Å². The van der Waals surface area contributed by atoms with Crippen molar-refractivity contribution in [3.05, 3.63) is 38.5 Å². The van der Waals surface area contributed by atoms with Crippen molar-refractivity contribution in [1.82, 2.24) is 15.0 Å². The highest BCUT2D eigenvalue weighted by Crippen LogP contribution is 2.23. The molecule has 17 heavy (non-hydrogen) atoms. The molecule has 0 amide bonds. The molecule has 0 atom stereocenters. The first-order valence-electron chi connectivity index (χ1n) is 4.92. The second kappa shape index (κ2) is 4.27. The van der Waals surface area contributed by atoms with Crippen molar-refractivity contribution >= 4 is 38.7 Å². The Hall–Kier alpha value is -1.73. The molecule has 0 radical (unpaired) electrons. The maximum atomic E-state index is 11.0. The summed E-state index contributed by atoms with van der Waals surface area (Å²) in [4.78, 5) is 23.0. The van der Waals surface area contributed by atoms with Gasteiger partial charge >= 0.3 is 4.87 Å². The minimum absolute atomic E-state index is 0.0369. The van der Waals surface area contributed by atoms with E-state index in [0.717, 1.165) is 33.1 Å². The summed E-state index contributed by atoms with van der Waals surface area (Å²) in [6.07, 6.45) is 1.54. The molecule has 0 spiro atoms. The molecule has 0 saturated carbocycles. The van der Waals surface area contributed by atoms with E-state index in [9.17, 15) is 4.79 Å². The molecular weight excluding hydrogens is 256 g/mol. The lowest BCUT2D eigenvalue weighted by Gasteiger charge is -2.04. The molecule has 3 aromatic heterocycles. The number of hydrogen-bond acceptors (Lipinski definition) is 6. The van der Waals surface area contributed by atoms with Crippen molar-refractivity contribution in [2.45, 2.75) is 6.54 Å². The van der Waals surface area contributed by atoms with Crippen LogP contribution in [0.25, 0.3) is 10.2 Å². The quantitative estimate of drug-likeness (QED) is 0.759. The Labute approximate surface area is 104 Å². The number of fused-ring (bicyclic) bond motifs is 1. The maximum Gasteiger partial charge on any atom is 0.304 e. The van der Waals surface area contributed by atoms with Gasteiger partial charge in [-0.1, -0.05) is 11.3 Å². The number of rotatable bonds is 3. The van der Waals surface area contributed by atoms with E-state index in [4.69, 9.17) is 0 Å². The summed E-state index contributed by atoms with van der Waals surface area (Å²) >= 11 is 2.74. The van der Waals surface area contributed by atoms with Gasteiger partial charge in [0.2, 0.25) is 0 Å². The van der Waals surface area contributed by atoms with Gasteiger partial charge in [0.15, 0.2) is 0 Å². The normalized spacial score (nSPS) is 10.8. The Morgan fingerprint density at radius 2 is 2.29 bits per heavy atom. The Balaban J connectivity index is 1.85. The zero-order valence-electron chi connectivity index (χ0n) is 8.64. The van der Waals surface area contributed by atoms with E-state index in [2.05, 4.69) is 20.3 Å². The van der Waals surface area contributed by atoms with Crippen LogP contribution in [0.15, 0.2) is 27.9 Å². The SMILES string of the molecule is O=c1[nH]c(CNc2ncnc3sccc23)cs1. The van der Waals surface area contributed by atoms with E-state index < -0.39 is 0 Å². The van der Waals surface area contributed by atoms with E-state index in [-0.39, 0.29) is 4.87 Å². The molecule has 7 heteroatoms. The van der Waals surface area contributed by atoms with E-state index in [1.54, 1.807) is 16.7 Å². The Morgan fingerprint density at radius 3 is 3.12 bits per heavy atom. The summed E-state index contributed by atoms with van der Waals surface area (Å²) in [6, 6.07) is 1.98. The average Bonchev–Trinajstić information content (AvgIpc) is 2.94. The fourth-order valence-electron chi connectivity index (χ4n) is 1.51. The van der Waals surface area contributed by atoms with Crippen molar-refractivity contribution in [3.63, 3.8) is 0 Å². The molecule has 0 aromatic carbocycles. The van der Waals surface area contributed by atoms with Crippen molar-refractivity contribution in [2.24, 2.45) is 0 Å². The van der Waals surface area contributed by atoms with Crippen molar-refractivity contribution in [3.8, 4) is 0 Å². The third-order valence-corrected chi connectivity index (χ3v) is 3.82. The number of H-pyrrole nitrogens is 1. The predicted octanol–water partition coefficient (Wildman–Crippen LogP) is 2.05. The van der Waals surface area contributed by atoms with Gasteiger partial charge in [-0.3, -0.25) is 4.79 Å². The lowest BCUT2D eigenvalue weighted by atomic mass is 10.3. The number of thiazole rings is 1. The van der Waals surface area contributed by atoms with Crippen molar-refractivity contribution < 1.29 is 0 Å².